The first-order valence-electron chi connectivity index (χ1n) is 16.8. The molecule has 1 aromatic carbocycles. The fraction of sp³-hybridized carbons (Fsp3) is 0.606. The molecule has 4 aliphatic heterocycles. The first kappa shape index (κ1) is 32.9. The Hall–Kier alpha value is -3.06. The quantitative estimate of drug-likeness (QED) is 0.334. The van der Waals surface area contributed by atoms with Crippen LogP contribution in [-0.4, -0.2) is 115 Å². The molecular formula is C33H47ClN8O3S. The number of nitrogen functional groups attached to an aromatic ring is 1. The van der Waals surface area contributed by atoms with Crippen LogP contribution in [0, 0.1) is 0 Å². The van der Waals surface area contributed by atoms with Crippen LogP contribution in [-0.2, 0) is 24.1 Å². The van der Waals surface area contributed by atoms with E-state index in [2.05, 4.69) is 26.2 Å². The van der Waals surface area contributed by atoms with E-state index in [0.717, 1.165) is 68.7 Å². The fourth-order valence-electron chi connectivity index (χ4n) is 7.41. The Labute approximate surface area is 280 Å². The number of rotatable bonds is 7. The molecule has 0 aliphatic carbocycles. The van der Waals surface area contributed by atoms with E-state index in [1.165, 1.54) is 5.56 Å². The van der Waals surface area contributed by atoms with Crippen molar-refractivity contribution in [2.75, 3.05) is 70.0 Å². The molecule has 0 bridgehead atoms. The number of likely N-dealkylation sites (tertiary alicyclic amines) is 1. The maximum atomic E-state index is 14.1. The van der Waals surface area contributed by atoms with E-state index in [4.69, 9.17) is 17.3 Å². The highest BCUT2D eigenvalue weighted by Crippen LogP contribution is 2.29. The maximum absolute atomic E-state index is 14.1. The number of nitrogens with zero attached hydrogens (tertiary/aromatic N) is 4. The Morgan fingerprint density at radius 1 is 1.00 bits per heavy atom. The number of urea groups is 2. The van der Waals surface area contributed by atoms with Gasteiger partial charge in [-0.05, 0) is 79.8 Å². The zero-order valence-electron chi connectivity index (χ0n) is 26.7. The number of halogens is 1. The number of hydrogen-bond acceptors (Lipinski definition) is 7. The maximum Gasteiger partial charge on any atom is 0.322 e. The molecule has 5 N–H and O–H groups in total. The summed E-state index contributed by atoms with van der Waals surface area (Å²) < 4.78 is 0. The summed E-state index contributed by atoms with van der Waals surface area (Å²) in [6.07, 6.45) is 5.54. The van der Waals surface area contributed by atoms with Crippen LogP contribution < -0.4 is 21.7 Å². The summed E-state index contributed by atoms with van der Waals surface area (Å²) in [4.78, 5) is 48.9. The molecule has 13 heteroatoms. The second-order valence-corrected chi connectivity index (χ2v) is 14.1. The van der Waals surface area contributed by atoms with Crippen molar-refractivity contribution in [3.8, 4) is 0 Å². The molecule has 0 unspecified atom stereocenters. The number of thiophene rings is 1. The van der Waals surface area contributed by atoms with Gasteiger partial charge in [-0.3, -0.25) is 9.69 Å². The summed E-state index contributed by atoms with van der Waals surface area (Å²) in [6, 6.07) is 3.40. The lowest BCUT2D eigenvalue weighted by atomic mass is 9.99. The lowest BCUT2D eigenvalue weighted by Gasteiger charge is -2.42. The van der Waals surface area contributed by atoms with Gasteiger partial charge in [0.2, 0.25) is 5.91 Å². The molecule has 5 heterocycles. The Morgan fingerprint density at radius 2 is 1.74 bits per heavy atom. The number of fused-ring (bicyclic) bond motifs is 1. The van der Waals surface area contributed by atoms with E-state index in [-0.39, 0.29) is 24.0 Å². The molecule has 250 valence electrons. The summed E-state index contributed by atoms with van der Waals surface area (Å²) >= 11 is 8.09. The number of amides is 5. The van der Waals surface area contributed by atoms with Gasteiger partial charge in [0.15, 0.2) is 0 Å². The van der Waals surface area contributed by atoms with Crippen molar-refractivity contribution in [2.24, 2.45) is 0 Å². The fourth-order valence-corrected chi connectivity index (χ4v) is 8.49. The number of carbonyl (C=O) groups excluding carboxylic acids is 3. The molecule has 5 amide bonds. The van der Waals surface area contributed by atoms with Crippen molar-refractivity contribution >= 4 is 52.3 Å². The van der Waals surface area contributed by atoms with E-state index >= 15 is 0 Å². The van der Waals surface area contributed by atoms with Crippen LogP contribution in [0.1, 0.15) is 49.3 Å². The smallest absolute Gasteiger partial charge is 0.322 e. The number of aryl methyl sites for hydroxylation is 1. The van der Waals surface area contributed by atoms with E-state index in [0.29, 0.717) is 68.7 Å². The van der Waals surface area contributed by atoms with E-state index in [1.807, 2.05) is 34.2 Å². The molecule has 3 fully saturated rings. The van der Waals surface area contributed by atoms with Crippen molar-refractivity contribution in [1.82, 2.24) is 30.2 Å². The minimum absolute atomic E-state index is 0.0623. The highest BCUT2D eigenvalue weighted by molar-refractivity contribution is 7.08. The second kappa shape index (κ2) is 14.8. The number of anilines is 2. The minimum atomic E-state index is -0.727. The average Bonchev–Trinajstić information content (AvgIpc) is 3.46. The molecule has 0 saturated carbocycles. The average molecular weight is 671 g/mol. The third-order valence-corrected chi connectivity index (χ3v) is 11.3. The zero-order valence-corrected chi connectivity index (χ0v) is 28.3. The Kier molecular flexibility index (Phi) is 10.6. The molecule has 4 aliphatic rings. The third-order valence-electron chi connectivity index (χ3n) is 10.2. The summed E-state index contributed by atoms with van der Waals surface area (Å²) in [5.41, 5.74) is 10.7. The van der Waals surface area contributed by atoms with Gasteiger partial charge in [0.05, 0.1) is 16.4 Å². The molecule has 0 radical (unpaired) electrons. The van der Waals surface area contributed by atoms with Crippen molar-refractivity contribution < 1.29 is 14.4 Å². The lowest BCUT2D eigenvalue weighted by molar-refractivity contribution is -0.135. The van der Waals surface area contributed by atoms with Gasteiger partial charge in [-0.1, -0.05) is 24.6 Å². The molecule has 1 aromatic heterocycles. The number of carbonyl (C=O) groups is 3. The van der Waals surface area contributed by atoms with Gasteiger partial charge in [-0.15, -0.1) is 11.3 Å². The van der Waals surface area contributed by atoms with Gasteiger partial charge in [0.1, 0.15) is 6.04 Å². The highest BCUT2D eigenvalue weighted by atomic mass is 35.5. The monoisotopic (exact) mass is 670 g/mol. The first-order chi connectivity index (χ1) is 22.3. The number of piperidine rings is 2. The largest absolute Gasteiger partial charge is 0.397 e. The van der Waals surface area contributed by atoms with Crippen molar-refractivity contribution in [2.45, 2.75) is 70.0 Å². The molecular weight excluding hydrogens is 624 g/mol. The number of nitrogens with one attached hydrogen (secondary N) is 3. The van der Waals surface area contributed by atoms with E-state index < -0.39 is 6.04 Å². The normalized spacial score (nSPS) is 21.0. The van der Waals surface area contributed by atoms with Gasteiger partial charge in [-0.2, -0.15) is 0 Å². The van der Waals surface area contributed by atoms with Crippen LogP contribution in [0.25, 0.3) is 0 Å². The molecule has 2 aromatic rings. The van der Waals surface area contributed by atoms with Gasteiger partial charge in [0, 0.05) is 69.7 Å². The molecule has 1 atom stereocenters. The summed E-state index contributed by atoms with van der Waals surface area (Å²) in [5, 5.41) is 14.1. The summed E-state index contributed by atoms with van der Waals surface area (Å²) in [7, 11) is 0. The van der Waals surface area contributed by atoms with Crippen LogP contribution >= 0.6 is 22.9 Å². The van der Waals surface area contributed by atoms with Crippen molar-refractivity contribution in [1.29, 1.82) is 0 Å². The predicted octanol–water partition coefficient (Wildman–Crippen LogP) is 3.62. The molecule has 3 saturated heterocycles. The van der Waals surface area contributed by atoms with Crippen LogP contribution in [0.4, 0.5) is 21.0 Å². The van der Waals surface area contributed by atoms with E-state index in [1.54, 1.807) is 16.2 Å². The first-order valence-corrected chi connectivity index (χ1v) is 18.1. The second-order valence-electron chi connectivity index (χ2n) is 13.0. The van der Waals surface area contributed by atoms with E-state index in [9.17, 15) is 14.4 Å². The van der Waals surface area contributed by atoms with Gasteiger partial charge < -0.3 is 36.4 Å². The Balaban J connectivity index is 1.10. The number of hydrogen-bond donors (Lipinski definition) is 4. The molecule has 46 heavy (non-hydrogen) atoms. The molecule has 0 spiro atoms. The van der Waals surface area contributed by atoms with Crippen molar-refractivity contribution in [3.63, 3.8) is 0 Å². The summed E-state index contributed by atoms with van der Waals surface area (Å²) in [5.74, 6) is -0.0623. The SMILES string of the molecule is CCc1cc(C[C@@H](NC(=O)N2CCC(N3CCc4cscc4NC3=O)CC2)C(=O)N2CCN(C3CCNCC3)CC2)cc(Cl)c1N. The minimum Gasteiger partial charge on any atom is -0.397 e. The third kappa shape index (κ3) is 7.40. The van der Waals surface area contributed by atoms with Gasteiger partial charge in [-0.25, -0.2) is 9.59 Å². The van der Waals surface area contributed by atoms with Crippen LogP contribution in [0.15, 0.2) is 22.9 Å². The highest BCUT2D eigenvalue weighted by Gasteiger charge is 2.35. The van der Waals surface area contributed by atoms with Gasteiger partial charge in [0.25, 0.3) is 0 Å². The number of nitrogens with two attached hydrogens (primary N) is 1. The van der Waals surface area contributed by atoms with Crippen LogP contribution in [0.2, 0.25) is 5.02 Å². The molecule has 11 nitrogen and oxygen atoms in total. The molecule has 6 rings (SSSR count). The topological polar surface area (TPSA) is 126 Å². The predicted molar refractivity (Wildman–Crippen MR) is 184 cm³/mol. The Bertz CT molecular complexity index is 1400. The number of piperazine rings is 1. The van der Waals surface area contributed by atoms with Gasteiger partial charge >= 0.3 is 12.1 Å². The lowest BCUT2D eigenvalue weighted by Crippen LogP contribution is -2.59. The zero-order chi connectivity index (χ0) is 32.2. The standard InChI is InChI=1S/C33H47ClN8O3S/c1-2-23-17-22(18-27(34)30(23)35)19-28(31(43)40-15-13-39(14-16-40)25-3-8-36-9-4-25)37-32(44)41-10-6-26(7-11-41)42-12-5-24-20-46-21-29(24)38-33(42)45/h17-18,20-21,25-26,28,36H,2-16,19,35H2,1H3,(H,37,44)(H,38,45)/t28-/m1/s1. The summed E-state index contributed by atoms with van der Waals surface area (Å²) in [6.45, 7) is 8.79. The van der Waals surface area contributed by atoms with Crippen molar-refractivity contribution in [3.05, 3.63) is 44.6 Å². The number of benzene rings is 1. The Morgan fingerprint density at radius 3 is 2.46 bits per heavy atom. The van der Waals surface area contributed by atoms with Crippen LogP contribution in [0.5, 0.6) is 0 Å². The van der Waals surface area contributed by atoms with Crippen LogP contribution in [0.3, 0.4) is 0 Å².